The molecule has 0 radical (unpaired) electrons. The fourth-order valence-electron chi connectivity index (χ4n) is 1.70. The fraction of sp³-hybridized carbons (Fsp3) is 0.533. The maximum atomic E-state index is 11.8. The lowest BCUT2D eigenvalue weighted by Gasteiger charge is -2.08. The lowest BCUT2D eigenvalue weighted by molar-refractivity contribution is 0.0988. The number of ketones is 1. The molecule has 0 unspecified atom stereocenters. The van der Waals surface area contributed by atoms with E-state index in [4.69, 9.17) is 0 Å². The Bertz CT molecular complexity index is 352. The third-order valence-corrected chi connectivity index (χ3v) is 2.59. The number of carbonyl (C=O) groups is 1. The van der Waals surface area contributed by atoms with E-state index in [1.807, 2.05) is 26.0 Å². The van der Waals surface area contributed by atoms with Crippen LogP contribution in [0.5, 0.6) is 0 Å². The SMILES string of the molecule is CC(C)Cc1ccc(C(=O)CNC(C)C)cc1. The van der Waals surface area contributed by atoms with Gasteiger partial charge in [-0.05, 0) is 17.9 Å². The Kier molecular flexibility index (Phi) is 5.36. The van der Waals surface area contributed by atoms with Gasteiger partial charge in [-0.1, -0.05) is 52.0 Å². The molecule has 0 saturated heterocycles. The average Bonchev–Trinajstić information content (AvgIpc) is 2.26. The largest absolute Gasteiger partial charge is 0.307 e. The van der Waals surface area contributed by atoms with Crippen LogP contribution < -0.4 is 5.32 Å². The van der Waals surface area contributed by atoms with E-state index in [-0.39, 0.29) is 5.78 Å². The van der Waals surface area contributed by atoms with Crippen LogP contribution in [0.1, 0.15) is 43.6 Å². The maximum absolute atomic E-state index is 11.8. The third kappa shape index (κ3) is 5.14. The monoisotopic (exact) mass is 233 g/mol. The molecule has 1 aromatic rings. The van der Waals surface area contributed by atoms with Crippen LogP contribution in [0.4, 0.5) is 0 Å². The minimum Gasteiger partial charge on any atom is -0.307 e. The predicted molar refractivity (Wildman–Crippen MR) is 72.5 cm³/mol. The molecule has 0 aliphatic carbocycles. The van der Waals surface area contributed by atoms with Gasteiger partial charge in [0.15, 0.2) is 5.78 Å². The topological polar surface area (TPSA) is 29.1 Å². The number of hydrogen-bond acceptors (Lipinski definition) is 2. The molecule has 2 nitrogen and oxygen atoms in total. The Balaban J connectivity index is 2.57. The Morgan fingerprint density at radius 1 is 1.12 bits per heavy atom. The molecular formula is C15H23NO. The molecule has 0 fully saturated rings. The zero-order chi connectivity index (χ0) is 12.8. The minimum absolute atomic E-state index is 0.162. The number of benzene rings is 1. The summed E-state index contributed by atoms with van der Waals surface area (Å²) < 4.78 is 0. The standard InChI is InChI=1S/C15H23NO/c1-11(2)9-13-5-7-14(8-6-13)15(17)10-16-12(3)4/h5-8,11-12,16H,9-10H2,1-4H3. The highest BCUT2D eigenvalue weighted by Gasteiger charge is 2.06. The van der Waals surface area contributed by atoms with Crippen molar-refractivity contribution in [2.75, 3.05) is 6.54 Å². The van der Waals surface area contributed by atoms with Crippen molar-refractivity contribution in [3.05, 3.63) is 35.4 Å². The van der Waals surface area contributed by atoms with Crippen molar-refractivity contribution in [2.45, 2.75) is 40.2 Å². The summed E-state index contributed by atoms with van der Waals surface area (Å²) in [5.41, 5.74) is 2.10. The number of hydrogen-bond donors (Lipinski definition) is 1. The summed E-state index contributed by atoms with van der Waals surface area (Å²) in [6.07, 6.45) is 1.07. The lowest BCUT2D eigenvalue weighted by Crippen LogP contribution is -2.29. The van der Waals surface area contributed by atoms with Gasteiger partial charge in [-0.15, -0.1) is 0 Å². The first-order chi connectivity index (χ1) is 7.99. The lowest BCUT2D eigenvalue weighted by atomic mass is 10.0. The van der Waals surface area contributed by atoms with Crippen molar-refractivity contribution in [2.24, 2.45) is 5.92 Å². The van der Waals surface area contributed by atoms with E-state index in [2.05, 4.69) is 31.3 Å². The molecule has 1 rings (SSSR count). The van der Waals surface area contributed by atoms with Crippen molar-refractivity contribution in [1.29, 1.82) is 0 Å². The van der Waals surface area contributed by atoms with Crippen molar-refractivity contribution < 1.29 is 4.79 Å². The van der Waals surface area contributed by atoms with Gasteiger partial charge in [0.1, 0.15) is 0 Å². The first-order valence-electron chi connectivity index (χ1n) is 6.34. The van der Waals surface area contributed by atoms with Gasteiger partial charge in [0.25, 0.3) is 0 Å². The van der Waals surface area contributed by atoms with Crippen molar-refractivity contribution in [3.8, 4) is 0 Å². The summed E-state index contributed by atoms with van der Waals surface area (Å²) in [6, 6.07) is 8.33. The summed E-state index contributed by atoms with van der Waals surface area (Å²) in [5.74, 6) is 0.814. The van der Waals surface area contributed by atoms with E-state index >= 15 is 0 Å². The highest BCUT2D eigenvalue weighted by molar-refractivity contribution is 5.97. The highest BCUT2D eigenvalue weighted by Crippen LogP contribution is 2.10. The number of Topliss-reactive ketones (excluding diaryl/α,β-unsaturated/α-hetero) is 1. The Morgan fingerprint density at radius 2 is 1.71 bits per heavy atom. The van der Waals surface area contributed by atoms with Gasteiger partial charge in [0.05, 0.1) is 6.54 Å². The number of rotatable bonds is 6. The van der Waals surface area contributed by atoms with Crippen LogP contribution in [0.3, 0.4) is 0 Å². The average molecular weight is 233 g/mol. The Labute approximate surface area is 104 Å². The molecule has 0 aliphatic heterocycles. The molecule has 0 atom stereocenters. The zero-order valence-corrected chi connectivity index (χ0v) is 11.3. The summed E-state index contributed by atoms with van der Waals surface area (Å²) in [6.45, 7) is 8.90. The predicted octanol–water partition coefficient (Wildman–Crippen LogP) is 3.07. The number of carbonyl (C=O) groups excluding carboxylic acids is 1. The van der Waals surface area contributed by atoms with E-state index in [1.54, 1.807) is 0 Å². The number of nitrogens with one attached hydrogen (secondary N) is 1. The molecule has 0 saturated carbocycles. The molecule has 1 N–H and O–H groups in total. The summed E-state index contributed by atoms with van der Waals surface area (Å²) in [5, 5.41) is 3.14. The van der Waals surface area contributed by atoms with Crippen LogP contribution in [0.25, 0.3) is 0 Å². The molecule has 94 valence electrons. The summed E-state index contributed by atoms with van der Waals surface area (Å²) in [4.78, 5) is 11.8. The Hall–Kier alpha value is -1.15. The van der Waals surface area contributed by atoms with Crippen molar-refractivity contribution in [3.63, 3.8) is 0 Å². The molecule has 0 bridgehead atoms. The smallest absolute Gasteiger partial charge is 0.176 e. The molecule has 17 heavy (non-hydrogen) atoms. The van der Waals surface area contributed by atoms with Crippen LogP contribution in [0, 0.1) is 5.92 Å². The van der Waals surface area contributed by atoms with Gasteiger partial charge in [-0.25, -0.2) is 0 Å². The van der Waals surface area contributed by atoms with E-state index in [0.29, 0.717) is 18.5 Å². The fourth-order valence-corrected chi connectivity index (χ4v) is 1.70. The molecule has 0 spiro atoms. The van der Waals surface area contributed by atoms with Crippen molar-refractivity contribution >= 4 is 5.78 Å². The molecule has 0 aromatic heterocycles. The maximum Gasteiger partial charge on any atom is 0.176 e. The second-order valence-corrected chi connectivity index (χ2v) is 5.25. The summed E-state index contributed by atoms with van der Waals surface area (Å²) in [7, 11) is 0. The van der Waals surface area contributed by atoms with Gasteiger partial charge >= 0.3 is 0 Å². The second kappa shape index (κ2) is 6.55. The molecule has 0 amide bonds. The normalized spacial score (nSPS) is 11.2. The molecule has 2 heteroatoms. The first-order valence-corrected chi connectivity index (χ1v) is 6.34. The Morgan fingerprint density at radius 3 is 2.18 bits per heavy atom. The van der Waals surface area contributed by atoms with Gasteiger partial charge < -0.3 is 5.32 Å². The van der Waals surface area contributed by atoms with E-state index < -0.39 is 0 Å². The van der Waals surface area contributed by atoms with Crippen LogP contribution in [0.2, 0.25) is 0 Å². The summed E-state index contributed by atoms with van der Waals surface area (Å²) >= 11 is 0. The van der Waals surface area contributed by atoms with Crippen molar-refractivity contribution in [1.82, 2.24) is 5.32 Å². The van der Waals surface area contributed by atoms with Gasteiger partial charge in [-0.2, -0.15) is 0 Å². The van der Waals surface area contributed by atoms with E-state index in [0.717, 1.165) is 12.0 Å². The van der Waals surface area contributed by atoms with Gasteiger partial charge in [0, 0.05) is 11.6 Å². The molecule has 0 heterocycles. The third-order valence-electron chi connectivity index (χ3n) is 2.59. The van der Waals surface area contributed by atoms with Gasteiger partial charge in [-0.3, -0.25) is 4.79 Å². The van der Waals surface area contributed by atoms with Crippen LogP contribution in [-0.4, -0.2) is 18.4 Å². The van der Waals surface area contributed by atoms with E-state index in [9.17, 15) is 4.79 Å². The van der Waals surface area contributed by atoms with Crippen LogP contribution in [0.15, 0.2) is 24.3 Å². The van der Waals surface area contributed by atoms with Gasteiger partial charge in [0.2, 0.25) is 0 Å². The molecule has 0 aliphatic rings. The van der Waals surface area contributed by atoms with Crippen LogP contribution in [-0.2, 0) is 6.42 Å². The molecule has 1 aromatic carbocycles. The highest BCUT2D eigenvalue weighted by atomic mass is 16.1. The van der Waals surface area contributed by atoms with E-state index in [1.165, 1.54) is 5.56 Å². The first kappa shape index (κ1) is 13.9. The van der Waals surface area contributed by atoms with Crippen LogP contribution >= 0.6 is 0 Å². The molecular weight excluding hydrogens is 210 g/mol. The zero-order valence-electron chi connectivity index (χ0n) is 11.3. The minimum atomic E-state index is 0.162. The second-order valence-electron chi connectivity index (χ2n) is 5.25. The quantitative estimate of drug-likeness (QED) is 0.765.